The van der Waals surface area contributed by atoms with Gasteiger partial charge in [-0.3, -0.25) is 0 Å². The van der Waals surface area contributed by atoms with Crippen LogP contribution in [-0.4, -0.2) is 48.5 Å². The monoisotopic (exact) mass is 268 g/mol. The molecule has 0 spiro atoms. The van der Waals surface area contributed by atoms with Gasteiger partial charge in [-0.25, -0.2) is 0 Å². The van der Waals surface area contributed by atoms with Crippen molar-refractivity contribution in [3.8, 4) is 0 Å². The summed E-state index contributed by atoms with van der Waals surface area (Å²) in [5.74, 6) is 1.11. The lowest BCUT2D eigenvalue weighted by atomic mass is 10.1. The van der Waals surface area contributed by atoms with Crippen LogP contribution >= 0.6 is 11.8 Å². The fourth-order valence-corrected chi connectivity index (χ4v) is 2.43. The molecule has 0 aliphatic heterocycles. The van der Waals surface area contributed by atoms with E-state index in [1.54, 1.807) is 0 Å². The molecule has 1 rings (SSSR count). The first-order chi connectivity index (χ1) is 8.65. The zero-order chi connectivity index (χ0) is 13.4. The fraction of sp³-hybridized carbons (Fsp3) is 0.571. The Morgan fingerprint density at radius 1 is 1.33 bits per heavy atom. The standard InChI is InChI=1S/C14H24N2OS/c1-3-18-14-6-4-12(5-7-14)8-9-16(2)11-13(17)10-15/h4-7,13,17H,3,8-11,15H2,1-2H3. The van der Waals surface area contributed by atoms with Gasteiger partial charge in [-0.15, -0.1) is 11.8 Å². The van der Waals surface area contributed by atoms with Crippen molar-refractivity contribution in [3.63, 3.8) is 0 Å². The first kappa shape index (κ1) is 15.5. The minimum Gasteiger partial charge on any atom is -0.390 e. The van der Waals surface area contributed by atoms with Crippen molar-refractivity contribution in [2.75, 3.05) is 32.4 Å². The number of rotatable bonds is 8. The molecule has 0 radical (unpaired) electrons. The molecule has 0 aliphatic rings. The molecule has 1 atom stereocenters. The van der Waals surface area contributed by atoms with Crippen LogP contribution in [0.5, 0.6) is 0 Å². The largest absolute Gasteiger partial charge is 0.390 e. The van der Waals surface area contributed by atoms with Crippen LogP contribution in [-0.2, 0) is 6.42 Å². The molecular weight excluding hydrogens is 244 g/mol. The molecule has 18 heavy (non-hydrogen) atoms. The molecule has 1 aromatic carbocycles. The molecule has 102 valence electrons. The van der Waals surface area contributed by atoms with Gasteiger partial charge in [0.1, 0.15) is 0 Å². The predicted molar refractivity (Wildman–Crippen MR) is 79.1 cm³/mol. The molecule has 1 aromatic rings. The maximum atomic E-state index is 9.45. The number of aliphatic hydroxyl groups is 1. The lowest BCUT2D eigenvalue weighted by Gasteiger charge is -2.19. The molecule has 0 fully saturated rings. The van der Waals surface area contributed by atoms with Crippen molar-refractivity contribution in [3.05, 3.63) is 29.8 Å². The van der Waals surface area contributed by atoms with Crippen LogP contribution in [0.3, 0.4) is 0 Å². The van der Waals surface area contributed by atoms with Crippen molar-refractivity contribution < 1.29 is 5.11 Å². The molecule has 0 aliphatic carbocycles. The summed E-state index contributed by atoms with van der Waals surface area (Å²) in [6, 6.07) is 8.73. The molecule has 0 amide bonds. The first-order valence-electron chi connectivity index (χ1n) is 6.44. The Morgan fingerprint density at radius 3 is 2.56 bits per heavy atom. The van der Waals surface area contributed by atoms with Gasteiger partial charge in [0.05, 0.1) is 6.10 Å². The molecule has 0 bridgehead atoms. The lowest BCUT2D eigenvalue weighted by Crippen LogP contribution is -2.35. The van der Waals surface area contributed by atoms with Crippen LogP contribution < -0.4 is 5.73 Å². The van der Waals surface area contributed by atoms with Crippen molar-refractivity contribution in [1.82, 2.24) is 4.90 Å². The van der Waals surface area contributed by atoms with Crippen LogP contribution in [0.15, 0.2) is 29.2 Å². The second-order valence-electron chi connectivity index (χ2n) is 4.48. The molecule has 0 aromatic heterocycles. The summed E-state index contributed by atoms with van der Waals surface area (Å²) in [5.41, 5.74) is 6.73. The van der Waals surface area contributed by atoms with E-state index in [0.717, 1.165) is 18.7 Å². The Labute approximate surface area is 114 Å². The maximum absolute atomic E-state index is 9.45. The third-order valence-corrected chi connectivity index (χ3v) is 3.71. The van der Waals surface area contributed by atoms with Gasteiger partial charge in [0, 0.05) is 24.5 Å². The summed E-state index contributed by atoms with van der Waals surface area (Å²) < 4.78 is 0. The average molecular weight is 268 g/mol. The molecule has 4 heteroatoms. The van der Waals surface area contributed by atoms with Gasteiger partial charge in [-0.1, -0.05) is 19.1 Å². The minimum absolute atomic E-state index is 0.327. The topological polar surface area (TPSA) is 49.5 Å². The zero-order valence-corrected chi connectivity index (χ0v) is 12.1. The van der Waals surface area contributed by atoms with Gasteiger partial charge in [0.25, 0.3) is 0 Å². The van der Waals surface area contributed by atoms with E-state index in [-0.39, 0.29) is 0 Å². The van der Waals surface area contributed by atoms with Crippen LogP contribution in [0.2, 0.25) is 0 Å². The molecule has 0 saturated heterocycles. The maximum Gasteiger partial charge on any atom is 0.0788 e. The minimum atomic E-state index is -0.418. The van der Waals surface area contributed by atoms with Gasteiger partial charge < -0.3 is 15.7 Å². The average Bonchev–Trinajstić information content (AvgIpc) is 2.38. The van der Waals surface area contributed by atoms with E-state index in [9.17, 15) is 5.11 Å². The number of likely N-dealkylation sites (N-methyl/N-ethyl adjacent to an activating group) is 1. The van der Waals surface area contributed by atoms with Crippen molar-refractivity contribution >= 4 is 11.8 Å². The number of nitrogens with zero attached hydrogens (tertiary/aromatic N) is 1. The molecule has 0 saturated carbocycles. The number of hydrogen-bond donors (Lipinski definition) is 2. The third kappa shape index (κ3) is 5.87. The Morgan fingerprint density at radius 2 is 2.00 bits per heavy atom. The SMILES string of the molecule is CCSc1ccc(CCN(C)CC(O)CN)cc1. The highest BCUT2D eigenvalue weighted by molar-refractivity contribution is 7.99. The predicted octanol–water partition coefficient (Wildman–Crippen LogP) is 1.59. The highest BCUT2D eigenvalue weighted by Gasteiger charge is 2.06. The number of nitrogens with two attached hydrogens (primary N) is 1. The quantitative estimate of drug-likeness (QED) is 0.703. The first-order valence-corrected chi connectivity index (χ1v) is 7.42. The van der Waals surface area contributed by atoms with E-state index in [2.05, 4.69) is 36.1 Å². The number of thioether (sulfide) groups is 1. The third-order valence-electron chi connectivity index (χ3n) is 2.81. The van der Waals surface area contributed by atoms with E-state index in [0.29, 0.717) is 13.1 Å². The van der Waals surface area contributed by atoms with E-state index in [4.69, 9.17) is 5.73 Å². The molecular formula is C14H24N2OS. The van der Waals surface area contributed by atoms with Crippen molar-refractivity contribution in [1.29, 1.82) is 0 Å². The highest BCUT2D eigenvalue weighted by atomic mass is 32.2. The van der Waals surface area contributed by atoms with Gasteiger partial charge in [0.2, 0.25) is 0 Å². The zero-order valence-electron chi connectivity index (χ0n) is 11.3. The van der Waals surface area contributed by atoms with Crippen LogP contribution in [0.1, 0.15) is 12.5 Å². The Balaban J connectivity index is 2.34. The highest BCUT2D eigenvalue weighted by Crippen LogP contribution is 2.17. The van der Waals surface area contributed by atoms with E-state index >= 15 is 0 Å². The molecule has 0 heterocycles. The number of aliphatic hydroxyl groups excluding tert-OH is 1. The lowest BCUT2D eigenvalue weighted by molar-refractivity contribution is 0.133. The number of benzene rings is 1. The molecule has 3 N–H and O–H groups in total. The summed E-state index contributed by atoms with van der Waals surface area (Å²) in [6.45, 7) is 4.07. The van der Waals surface area contributed by atoms with Crippen LogP contribution in [0.4, 0.5) is 0 Å². The fourth-order valence-electron chi connectivity index (χ4n) is 1.76. The summed E-state index contributed by atoms with van der Waals surface area (Å²) in [5, 5.41) is 9.45. The smallest absolute Gasteiger partial charge is 0.0788 e. The summed E-state index contributed by atoms with van der Waals surface area (Å²) in [6.07, 6.45) is 0.587. The molecule has 3 nitrogen and oxygen atoms in total. The van der Waals surface area contributed by atoms with Crippen molar-refractivity contribution in [2.24, 2.45) is 5.73 Å². The summed E-state index contributed by atoms with van der Waals surface area (Å²) in [7, 11) is 2.01. The van der Waals surface area contributed by atoms with Crippen LogP contribution in [0.25, 0.3) is 0 Å². The summed E-state index contributed by atoms with van der Waals surface area (Å²) >= 11 is 1.86. The van der Waals surface area contributed by atoms with Gasteiger partial charge in [-0.2, -0.15) is 0 Å². The van der Waals surface area contributed by atoms with E-state index in [1.807, 2.05) is 18.8 Å². The van der Waals surface area contributed by atoms with Gasteiger partial charge in [-0.05, 0) is 36.9 Å². The second-order valence-corrected chi connectivity index (χ2v) is 5.82. The van der Waals surface area contributed by atoms with Gasteiger partial charge in [0.15, 0.2) is 0 Å². The second kappa shape index (κ2) is 8.53. The Hall–Kier alpha value is -0.550. The van der Waals surface area contributed by atoms with E-state index < -0.39 is 6.10 Å². The van der Waals surface area contributed by atoms with Crippen molar-refractivity contribution in [2.45, 2.75) is 24.3 Å². The Bertz CT molecular complexity index is 329. The number of hydrogen-bond acceptors (Lipinski definition) is 4. The van der Waals surface area contributed by atoms with E-state index in [1.165, 1.54) is 10.5 Å². The van der Waals surface area contributed by atoms with Crippen LogP contribution in [0, 0.1) is 0 Å². The molecule has 1 unspecified atom stereocenters. The normalized spacial score (nSPS) is 12.9. The Kier molecular flexibility index (Phi) is 7.35. The summed E-state index contributed by atoms with van der Waals surface area (Å²) in [4.78, 5) is 3.44. The van der Waals surface area contributed by atoms with Gasteiger partial charge >= 0.3 is 0 Å².